The van der Waals surface area contributed by atoms with Gasteiger partial charge in [-0.05, 0) is 59.1 Å². The molecule has 0 fully saturated rings. The van der Waals surface area contributed by atoms with E-state index < -0.39 is 10.0 Å². The van der Waals surface area contributed by atoms with E-state index in [-0.39, 0.29) is 29.4 Å². The lowest BCUT2D eigenvalue weighted by molar-refractivity contribution is -0.124. The Morgan fingerprint density at radius 1 is 1.14 bits per heavy atom. The first kappa shape index (κ1) is 25.1. The number of methoxy groups -OCH3 is 1. The van der Waals surface area contributed by atoms with Crippen molar-refractivity contribution in [2.24, 2.45) is 0 Å². The summed E-state index contributed by atoms with van der Waals surface area (Å²) in [5.41, 5.74) is 5.57. The van der Waals surface area contributed by atoms with Gasteiger partial charge in [-0.1, -0.05) is 39.0 Å². The number of nitrogens with zero attached hydrogens (tertiary/aromatic N) is 1. The van der Waals surface area contributed by atoms with Crippen molar-refractivity contribution in [2.45, 2.75) is 51.4 Å². The van der Waals surface area contributed by atoms with Gasteiger partial charge in [0.05, 0.1) is 19.8 Å². The molecule has 0 aromatic heterocycles. The number of carbonyl (C=O) groups is 2. The predicted molar refractivity (Wildman–Crippen MR) is 137 cm³/mol. The first-order valence-electron chi connectivity index (χ1n) is 11.7. The molecule has 0 bridgehead atoms. The summed E-state index contributed by atoms with van der Waals surface area (Å²) >= 11 is 0. The number of ketones is 1. The summed E-state index contributed by atoms with van der Waals surface area (Å²) in [7, 11) is -1.59. The zero-order valence-electron chi connectivity index (χ0n) is 20.8. The lowest BCUT2D eigenvalue weighted by atomic mass is 9.83. The Morgan fingerprint density at radius 3 is 2.51 bits per heavy atom. The van der Waals surface area contributed by atoms with Crippen LogP contribution in [-0.4, -0.2) is 40.0 Å². The van der Waals surface area contributed by atoms with E-state index in [2.05, 4.69) is 37.6 Å². The molecule has 7 nitrogen and oxygen atoms in total. The van der Waals surface area contributed by atoms with E-state index in [1.165, 1.54) is 29.0 Å². The van der Waals surface area contributed by atoms with Gasteiger partial charge in [0.1, 0.15) is 5.75 Å². The van der Waals surface area contributed by atoms with Crippen molar-refractivity contribution in [1.82, 2.24) is 4.72 Å². The predicted octanol–water partition coefficient (Wildman–Crippen LogP) is 4.06. The number of benzene rings is 2. The van der Waals surface area contributed by atoms with E-state index in [1.807, 2.05) is 18.2 Å². The Kier molecular flexibility index (Phi) is 6.64. The van der Waals surface area contributed by atoms with Crippen molar-refractivity contribution in [3.63, 3.8) is 0 Å². The highest BCUT2D eigenvalue weighted by atomic mass is 32.2. The van der Waals surface area contributed by atoms with Gasteiger partial charge in [0.15, 0.2) is 5.78 Å². The second-order valence-electron chi connectivity index (χ2n) is 10.3. The molecule has 2 aromatic carbocycles. The van der Waals surface area contributed by atoms with Crippen LogP contribution in [0.3, 0.4) is 0 Å². The Balaban J connectivity index is 1.80. The number of ether oxygens (including phenoxy) is 1. The van der Waals surface area contributed by atoms with Crippen LogP contribution in [0.25, 0.3) is 11.1 Å². The first-order chi connectivity index (χ1) is 16.4. The third kappa shape index (κ3) is 5.33. The van der Waals surface area contributed by atoms with E-state index >= 15 is 0 Å². The van der Waals surface area contributed by atoms with Crippen molar-refractivity contribution in [3.05, 3.63) is 59.3 Å². The first-order valence-corrected chi connectivity index (χ1v) is 13.6. The number of fused-ring (bicyclic) bond motifs is 1. The highest BCUT2D eigenvalue weighted by Gasteiger charge is 2.29. The number of rotatable bonds is 6. The van der Waals surface area contributed by atoms with Gasteiger partial charge in [0.2, 0.25) is 15.9 Å². The monoisotopic (exact) mass is 496 g/mol. The van der Waals surface area contributed by atoms with Gasteiger partial charge in [0, 0.05) is 29.6 Å². The maximum absolute atomic E-state index is 12.7. The van der Waals surface area contributed by atoms with Crippen LogP contribution in [0.15, 0.2) is 42.6 Å². The summed E-state index contributed by atoms with van der Waals surface area (Å²) < 4.78 is 31.6. The van der Waals surface area contributed by atoms with Crippen LogP contribution in [0.2, 0.25) is 0 Å². The fourth-order valence-corrected chi connectivity index (χ4v) is 5.35. The lowest BCUT2D eigenvalue weighted by Crippen LogP contribution is -2.31. The topological polar surface area (TPSA) is 92.8 Å². The largest absolute Gasteiger partial charge is 0.496 e. The molecule has 186 valence electrons. The maximum atomic E-state index is 12.7. The minimum absolute atomic E-state index is 0.140. The third-order valence-corrected chi connectivity index (χ3v) is 7.31. The van der Waals surface area contributed by atoms with Gasteiger partial charge in [-0.25, -0.2) is 13.1 Å². The van der Waals surface area contributed by atoms with Crippen LogP contribution in [0.5, 0.6) is 5.75 Å². The number of aryl methyl sites for hydroxylation is 1. The number of allylic oxidation sites excluding steroid dienone is 1. The smallest absolute Gasteiger partial charge is 0.238 e. The molecule has 0 radical (unpaired) electrons. The van der Waals surface area contributed by atoms with E-state index in [0.29, 0.717) is 12.2 Å². The molecule has 8 heteroatoms. The number of nitrogens with one attached hydrogen (secondary N) is 1. The Labute approximate surface area is 207 Å². The number of amides is 1. The minimum Gasteiger partial charge on any atom is -0.496 e. The molecule has 1 atom stereocenters. The molecule has 0 spiro atoms. The minimum atomic E-state index is -3.24. The quantitative estimate of drug-likeness (QED) is 0.609. The number of hydrogen-bond donors (Lipinski definition) is 1. The van der Waals surface area contributed by atoms with Gasteiger partial charge in [-0.2, -0.15) is 0 Å². The molecule has 1 amide bonds. The normalized spacial score (nSPS) is 18.2. The zero-order chi connectivity index (χ0) is 25.5. The van der Waals surface area contributed by atoms with E-state index in [1.54, 1.807) is 7.11 Å². The Bertz CT molecular complexity index is 1320. The van der Waals surface area contributed by atoms with Gasteiger partial charge in [-0.3, -0.25) is 14.5 Å². The summed E-state index contributed by atoms with van der Waals surface area (Å²) in [6, 6.07) is 10.1. The number of sulfonamides is 1. The molecule has 1 N–H and O–H groups in total. The lowest BCUT2D eigenvalue weighted by Gasteiger charge is -2.28. The number of carbonyl (C=O) groups excluding carboxylic acids is 2. The third-order valence-electron chi connectivity index (χ3n) is 6.62. The summed E-state index contributed by atoms with van der Waals surface area (Å²) in [6.07, 6.45) is 5.74. The second-order valence-corrected chi connectivity index (χ2v) is 12.1. The van der Waals surface area contributed by atoms with Crippen molar-refractivity contribution in [2.75, 3.05) is 24.8 Å². The molecule has 0 unspecified atom stereocenters. The van der Waals surface area contributed by atoms with Crippen molar-refractivity contribution in [3.8, 4) is 16.9 Å². The van der Waals surface area contributed by atoms with Gasteiger partial charge >= 0.3 is 0 Å². The number of hydrogen-bond acceptors (Lipinski definition) is 5. The SMILES string of the molecule is COc1c(-c2ccc3c(c2)CC[C@H]3CNS(C)(=O)=O)cc(N2C=CC(=O)CC2=O)cc1C(C)(C)C. The van der Waals surface area contributed by atoms with Crippen LogP contribution < -0.4 is 14.4 Å². The summed E-state index contributed by atoms with van der Waals surface area (Å²) in [6.45, 7) is 6.67. The fourth-order valence-electron chi connectivity index (χ4n) is 4.85. The molecule has 1 aliphatic heterocycles. The van der Waals surface area contributed by atoms with Crippen molar-refractivity contribution >= 4 is 27.4 Å². The number of anilines is 1. The van der Waals surface area contributed by atoms with Crippen molar-refractivity contribution in [1.29, 1.82) is 0 Å². The van der Waals surface area contributed by atoms with Crippen LogP contribution in [-0.2, 0) is 31.4 Å². The van der Waals surface area contributed by atoms with E-state index in [9.17, 15) is 18.0 Å². The summed E-state index contributed by atoms with van der Waals surface area (Å²) in [5, 5.41) is 0. The highest BCUT2D eigenvalue weighted by Crippen LogP contribution is 2.44. The molecule has 2 aliphatic rings. The molecule has 0 saturated heterocycles. The second kappa shape index (κ2) is 9.24. The van der Waals surface area contributed by atoms with Gasteiger partial charge in [-0.15, -0.1) is 0 Å². The molecule has 2 aromatic rings. The Hall–Kier alpha value is -2.97. The standard InChI is InChI=1S/C27H32N2O5S/c1-27(2,3)24-14-20(29-11-10-21(30)15-25(29)31)13-23(26(24)34-4)18-8-9-22-17(12-18)6-7-19(22)16-28-35(5,32)33/h8-14,19,28H,6-7,15-16H2,1-5H3/t19-/m0/s1. The molecule has 1 aliphatic carbocycles. The zero-order valence-corrected chi connectivity index (χ0v) is 21.7. The van der Waals surface area contributed by atoms with Crippen molar-refractivity contribution < 1.29 is 22.7 Å². The van der Waals surface area contributed by atoms with E-state index in [4.69, 9.17) is 4.74 Å². The molecule has 0 saturated carbocycles. The fraction of sp³-hybridized carbons (Fsp3) is 0.407. The summed E-state index contributed by atoms with van der Waals surface area (Å²) in [5.74, 6) is 0.429. The van der Waals surface area contributed by atoms with Crippen LogP contribution in [0.1, 0.15) is 56.2 Å². The van der Waals surface area contributed by atoms with Crippen LogP contribution in [0, 0.1) is 0 Å². The molecular formula is C27H32N2O5S. The van der Waals surface area contributed by atoms with E-state index in [0.717, 1.165) is 40.8 Å². The summed E-state index contributed by atoms with van der Waals surface area (Å²) in [4.78, 5) is 25.9. The average Bonchev–Trinajstić information content (AvgIpc) is 3.18. The maximum Gasteiger partial charge on any atom is 0.238 e. The molecule has 35 heavy (non-hydrogen) atoms. The van der Waals surface area contributed by atoms with Gasteiger partial charge < -0.3 is 4.74 Å². The molecular weight excluding hydrogens is 464 g/mol. The molecule has 1 heterocycles. The molecule has 4 rings (SSSR count). The Morgan fingerprint density at radius 2 is 1.89 bits per heavy atom. The van der Waals surface area contributed by atoms with Crippen LogP contribution in [0.4, 0.5) is 5.69 Å². The van der Waals surface area contributed by atoms with Crippen LogP contribution >= 0.6 is 0 Å². The highest BCUT2D eigenvalue weighted by molar-refractivity contribution is 7.88. The average molecular weight is 497 g/mol. The van der Waals surface area contributed by atoms with Gasteiger partial charge in [0.25, 0.3) is 0 Å².